The van der Waals surface area contributed by atoms with Gasteiger partial charge in [0, 0.05) is 27.2 Å². The molecule has 2 heteroatoms. The van der Waals surface area contributed by atoms with Crippen molar-refractivity contribution in [2.75, 3.05) is 0 Å². The molecule has 0 unspecified atom stereocenters. The number of furan rings is 1. The second-order valence-corrected chi connectivity index (χ2v) is 8.20. The minimum absolute atomic E-state index is 0.922. The van der Waals surface area contributed by atoms with Crippen molar-refractivity contribution in [3.05, 3.63) is 115 Å². The van der Waals surface area contributed by atoms with E-state index in [2.05, 4.69) is 108 Å². The lowest BCUT2D eigenvalue weighted by atomic mass is 10.1. The van der Waals surface area contributed by atoms with Crippen molar-refractivity contribution in [1.82, 2.24) is 4.57 Å². The van der Waals surface area contributed by atoms with Gasteiger partial charge in [-0.2, -0.15) is 0 Å². The van der Waals surface area contributed by atoms with Gasteiger partial charge in [0.15, 0.2) is 5.58 Å². The van der Waals surface area contributed by atoms with E-state index in [4.69, 9.17) is 4.42 Å². The van der Waals surface area contributed by atoms with Crippen LogP contribution < -0.4 is 0 Å². The lowest BCUT2D eigenvalue weighted by Crippen LogP contribution is -1.94. The Labute approximate surface area is 184 Å². The first-order valence-corrected chi connectivity index (χ1v) is 10.9. The van der Waals surface area contributed by atoms with Crippen LogP contribution in [0.4, 0.5) is 0 Å². The predicted octanol–water partition coefficient (Wildman–Crippen LogP) is 8.35. The minimum atomic E-state index is 0.922. The number of nitrogens with zero attached hydrogens (tertiary/aromatic N) is 1. The Kier molecular flexibility index (Phi) is 3.58. The molecule has 0 aliphatic rings. The fourth-order valence-electron chi connectivity index (χ4n) is 4.93. The molecule has 0 radical (unpaired) electrons. The molecule has 0 saturated carbocycles. The van der Waals surface area contributed by atoms with E-state index in [1.165, 1.54) is 27.4 Å². The Bertz CT molecular complexity index is 1750. The maximum atomic E-state index is 6.43. The number of benzene rings is 5. The topological polar surface area (TPSA) is 18.1 Å². The van der Waals surface area contributed by atoms with Crippen LogP contribution in [-0.2, 0) is 0 Å². The molecule has 2 nitrogen and oxygen atoms in total. The largest absolute Gasteiger partial charge is 0.454 e. The Morgan fingerprint density at radius 1 is 0.469 bits per heavy atom. The molecule has 5 aromatic carbocycles. The minimum Gasteiger partial charge on any atom is -0.454 e. The second kappa shape index (κ2) is 6.60. The standard InChI is InChI=1S/C30H19NO/c1-2-8-20(9-3-1)21-14-16-22(17-15-21)31-27-12-6-4-10-23(27)25-18-19-26-24-11-5-7-13-28(24)32-30(26)29(25)31/h1-19H. The SMILES string of the molecule is c1ccc(-c2ccc(-n3c4ccccc4c4ccc5c6ccccc6oc5c43)cc2)cc1. The van der Waals surface area contributed by atoms with Crippen LogP contribution in [0.15, 0.2) is 120 Å². The number of hydrogen-bond donors (Lipinski definition) is 0. The van der Waals surface area contributed by atoms with Gasteiger partial charge < -0.3 is 8.98 Å². The highest BCUT2D eigenvalue weighted by Crippen LogP contribution is 2.40. The van der Waals surface area contributed by atoms with Gasteiger partial charge in [0.05, 0.1) is 11.0 Å². The molecule has 0 amide bonds. The van der Waals surface area contributed by atoms with Gasteiger partial charge in [-0.25, -0.2) is 0 Å². The fourth-order valence-corrected chi connectivity index (χ4v) is 4.93. The molecule has 32 heavy (non-hydrogen) atoms. The molecule has 0 aliphatic carbocycles. The Morgan fingerprint density at radius 2 is 1.12 bits per heavy atom. The van der Waals surface area contributed by atoms with Crippen molar-refractivity contribution in [2.24, 2.45) is 0 Å². The number of para-hydroxylation sites is 2. The molecular formula is C30H19NO. The van der Waals surface area contributed by atoms with Gasteiger partial charge in [-0.1, -0.05) is 84.9 Å². The number of aromatic nitrogens is 1. The van der Waals surface area contributed by atoms with Crippen molar-refractivity contribution in [1.29, 1.82) is 0 Å². The lowest BCUT2D eigenvalue weighted by Gasteiger charge is -2.09. The summed E-state index contributed by atoms with van der Waals surface area (Å²) in [5.74, 6) is 0. The zero-order chi connectivity index (χ0) is 21.1. The average Bonchev–Trinajstić information content (AvgIpc) is 3.41. The van der Waals surface area contributed by atoms with Gasteiger partial charge in [0.2, 0.25) is 0 Å². The molecule has 7 aromatic rings. The summed E-state index contributed by atoms with van der Waals surface area (Å²) in [5.41, 5.74) is 7.72. The van der Waals surface area contributed by atoms with Gasteiger partial charge in [-0.3, -0.25) is 0 Å². The van der Waals surface area contributed by atoms with E-state index in [1.807, 2.05) is 12.1 Å². The molecule has 0 saturated heterocycles. The van der Waals surface area contributed by atoms with Crippen LogP contribution in [0.1, 0.15) is 0 Å². The summed E-state index contributed by atoms with van der Waals surface area (Å²) in [6.07, 6.45) is 0. The third-order valence-corrected chi connectivity index (χ3v) is 6.41. The highest BCUT2D eigenvalue weighted by molar-refractivity contribution is 6.21. The normalized spacial score (nSPS) is 11.8. The van der Waals surface area contributed by atoms with Crippen molar-refractivity contribution in [3.8, 4) is 16.8 Å². The van der Waals surface area contributed by atoms with Gasteiger partial charge in [-0.15, -0.1) is 0 Å². The van der Waals surface area contributed by atoms with E-state index in [0.717, 1.165) is 33.1 Å². The van der Waals surface area contributed by atoms with Crippen molar-refractivity contribution in [2.45, 2.75) is 0 Å². The summed E-state index contributed by atoms with van der Waals surface area (Å²) in [6.45, 7) is 0. The van der Waals surface area contributed by atoms with Crippen molar-refractivity contribution < 1.29 is 4.42 Å². The Morgan fingerprint density at radius 3 is 1.97 bits per heavy atom. The van der Waals surface area contributed by atoms with E-state index < -0.39 is 0 Å². The molecule has 7 rings (SSSR count). The van der Waals surface area contributed by atoms with Crippen LogP contribution in [0.5, 0.6) is 0 Å². The molecule has 0 bridgehead atoms. The zero-order valence-corrected chi connectivity index (χ0v) is 17.3. The molecule has 0 fully saturated rings. The van der Waals surface area contributed by atoms with Gasteiger partial charge in [0.1, 0.15) is 5.58 Å². The van der Waals surface area contributed by atoms with Crippen molar-refractivity contribution in [3.63, 3.8) is 0 Å². The van der Waals surface area contributed by atoms with Crippen LogP contribution in [0.2, 0.25) is 0 Å². The lowest BCUT2D eigenvalue weighted by molar-refractivity contribution is 0.671. The summed E-state index contributed by atoms with van der Waals surface area (Å²) >= 11 is 0. The Balaban J connectivity index is 1.57. The molecule has 0 spiro atoms. The summed E-state index contributed by atoms with van der Waals surface area (Å²) in [7, 11) is 0. The van der Waals surface area contributed by atoms with E-state index in [0.29, 0.717) is 0 Å². The van der Waals surface area contributed by atoms with Crippen LogP contribution in [0, 0.1) is 0 Å². The quantitative estimate of drug-likeness (QED) is 0.280. The fraction of sp³-hybridized carbons (Fsp3) is 0. The Hall–Kier alpha value is -4.30. The monoisotopic (exact) mass is 409 g/mol. The smallest absolute Gasteiger partial charge is 0.160 e. The maximum Gasteiger partial charge on any atom is 0.160 e. The van der Waals surface area contributed by atoms with Gasteiger partial charge >= 0.3 is 0 Å². The number of rotatable bonds is 2. The molecule has 0 aliphatic heterocycles. The van der Waals surface area contributed by atoms with Crippen molar-refractivity contribution >= 4 is 43.7 Å². The van der Waals surface area contributed by atoms with E-state index in [1.54, 1.807) is 0 Å². The number of fused-ring (bicyclic) bond motifs is 7. The molecule has 0 atom stereocenters. The molecule has 2 heterocycles. The van der Waals surface area contributed by atoms with Crippen LogP contribution in [0.25, 0.3) is 60.6 Å². The predicted molar refractivity (Wildman–Crippen MR) is 133 cm³/mol. The first-order chi connectivity index (χ1) is 15.9. The summed E-state index contributed by atoms with van der Waals surface area (Å²) in [5, 5.41) is 4.75. The summed E-state index contributed by atoms with van der Waals surface area (Å²) < 4.78 is 8.77. The number of hydrogen-bond acceptors (Lipinski definition) is 1. The first kappa shape index (κ1) is 17.4. The summed E-state index contributed by atoms with van der Waals surface area (Å²) in [4.78, 5) is 0. The average molecular weight is 409 g/mol. The van der Waals surface area contributed by atoms with Crippen LogP contribution in [0.3, 0.4) is 0 Å². The highest BCUT2D eigenvalue weighted by Gasteiger charge is 2.18. The summed E-state index contributed by atoms with van der Waals surface area (Å²) in [6, 6.07) is 40.6. The van der Waals surface area contributed by atoms with Gasteiger partial charge in [0.25, 0.3) is 0 Å². The maximum absolute atomic E-state index is 6.43. The van der Waals surface area contributed by atoms with E-state index in [9.17, 15) is 0 Å². The van der Waals surface area contributed by atoms with Crippen LogP contribution in [-0.4, -0.2) is 4.57 Å². The van der Waals surface area contributed by atoms with E-state index in [-0.39, 0.29) is 0 Å². The van der Waals surface area contributed by atoms with Gasteiger partial charge in [-0.05, 0) is 41.5 Å². The molecular weight excluding hydrogens is 390 g/mol. The third kappa shape index (κ3) is 2.41. The van der Waals surface area contributed by atoms with Crippen LogP contribution >= 0.6 is 0 Å². The third-order valence-electron chi connectivity index (χ3n) is 6.41. The molecule has 0 N–H and O–H groups in total. The molecule has 2 aromatic heterocycles. The zero-order valence-electron chi connectivity index (χ0n) is 17.3. The first-order valence-electron chi connectivity index (χ1n) is 10.9. The highest BCUT2D eigenvalue weighted by atomic mass is 16.3. The molecule has 150 valence electrons. The second-order valence-electron chi connectivity index (χ2n) is 8.20. The van der Waals surface area contributed by atoms with E-state index >= 15 is 0 Å².